The van der Waals surface area contributed by atoms with Gasteiger partial charge in [-0.25, -0.2) is 9.97 Å². The number of rotatable bonds is 4. The van der Waals surface area contributed by atoms with Crippen LogP contribution in [0.2, 0.25) is 0 Å². The van der Waals surface area contributed by atoms with Crippen molar-refractivity contribution in [1.29, 1.82) is 0 Å². The maximum Gasteiger partial charge on any atom is 0.353 e. The number of morpholine rings is 1. The van der Waals surface area contributed by atoms with Gasteiger partial charge in [0, 0.05) is 13.6 Å². The van der Waals surface area contributed by atoms with E-state index >= 15 is 0 Å². The van der Waals surface area contributed by atoms with Crippen molar-refractivity contribution in [2.75, 3.05) is 30.4 Å². The summed E-state index contributed by atoms with van der Waals surface area (Å²) in [6.07, 6.45) is 2.20. The SMILES string of the molecule is CCC1COC(C)CN1c1ncnc(NC)c1[N+](=O)[O-]. The van der Waals surface area contributed by atoms with Crippen molar-refractivity contribution < 1.29 is 9.66 Å². The van der Waals surface area contributed by atoms with Crippen LogP contribution >= 0.6 is 0 Å². The minimum absolute atomic E-state index is 0.0189. The zero-order chi connectivity index (χ0) is 14.7. The quantitative estimate of drug-likeness (QED) is 0.659. The van der Waals surface area contributed by atoms with Crippen LogP contribution in [0.25, 0.3) is 0 Å². The molecule has 0 aromatic carbocycles. The standard InChI is InChI=1S/C12H19N5O3/c1-4-9-6-20-8(2)5-16(9)12-10(17(18)19)11(13-3)14-7-15-12/h7-9H,4-6H2,1-3H3,(H,13,14,15). The third kappa shape index (κ3) is 2.64. The minimum atomic E-state index is -0.436. The second-order valence-corrected chi connectivity index (χ2v) is 4.76. The highest BCUT2D eigenvalue weighted by molar-refractivity contribution is 5.70. The Balaban J connectivity index is 2.46. The number of nitro groups is 1. The summed E-state index contributed by atoms with van der Waals surface area (Å²) in [7, 11) is 1.61. The van der Waals surface area contributed by atoms with Crippen LogP contribution in [-0.4, -0.2) is 47.2 Å². The first kappa shape index (κ1) is 14.4. The molecular formula is C12H19N5O3. The number of nitrogens with zero attached hydrogens (tertiary/aromatic N) is 4. The van der Waals surface area contributed by atoms with E-state index in [2.05, 4.69) is 15.3 Å². The van der Waals surface area contributed by atoms with Gasteiger partial charge in [-0.1, -0.05) is 6.92 Å². The Kier molecular flexibility index (Phi) is 4.33. The molecule has 0 bridgehead atoms. The second-order valence-electron chi connectivity index (χ2n) is 4.76. The number of ether oxygens (including phenoxy) is 1. The first-order chi connectivity index (χ1) is 9.58. The molecule has 1 fully saturated rings. The largest absolute Gasteiger partial charge is 0.375 e. The first-order valence-corrected chi connectivity index (χ1v) is 6.63. The lowest BCUT2D eigenvalue weighted by atomic mass is 10.1. The Morgan fingerprint density at radius 2 is 2.35 bits per heavy atom. The monoisotopic (exact) mass is 281 g/mol. The van der Waals surface area contributed by atoms with Gasteiger partial charge in [-0.2, -0.15) is 0 Å². The number of hydrogen-bond donors (Lipinski definition) is 1. The van der Waals surface area contributed by atoms with Crippen molar-refractivity contribution in [3.63, 3.8) is 0 Å². The highest BCUT2D eigenvalue weighted by Crippen LogP contribution is 2.34. The van der Waals surface area contributed by atoms with Gasteiger partial charge in [0.05, 0.1) is 23.7 Å². The molecule has 0 spiro atoms. The van der Waals surface area contributed by atoms with E-state index in [0.29, 0.717) is 19.0 Å². The topological polar surface area (TPSA) is 93.4 Å². The van der Waals surface area contributed by atoms with E-state index < -0.39 is 4.92 Å². The lowest BCUT2D eigenvalue weighted by Crippen LogP contribution is -2.49. The number of nitrogens with one attached hydrogen (secondary N) is 1. The van der Waals surface area contributed by atoms with Crippen LogP contribution in [0.15, 0.2) is 6.33 Å². The number of anilines is 2. The summed E-state index contributed by atoms with van der Waals surface area (Å²) >= 11 is 0. The van der Waals surface area contributed by atoms with Crippen molar-refractivity contribution >= 4 is 17.3 Å². The van der Waals surface area contributed by atoms with Gasteiger partial charge in [0.25, 0.3) is 0 Å². The Morgan fingerprint density at radius 3 is 2.95 bits per heavy atom. The van der Waals surface area contributed by atoms with Gasteiger partial charge in [0.1, 0.15) is 6.33 Å². The van der Waals surface area contributed by atoms with E-state index in [0.717, 1.165) is 6.42 Å². The van der Waals surface area contributed by atoms with E-state index in [1.165, 1.54) is 6.33 Å². The van der Waals surface area contributed by atoms with Crippen LogP contribution in [0.1, 0.15) is 20.3 Å². The van der Waals surface area contributed by atoms with E-state index in [4.69, 9.17) is 4.74 Å². The summed E-state index contributed by atoms with van der Waals surface area (Å²) in [4.78, 5) is 20.9. The van der Waals surface area contributed by atoms with Crippen LogP contribution in [0.4, 0.5) is 17.3 Å². The molecule has 2 heterocycles. The number of aromatic nitrogens is 2. The van der Waals surface area contributed by atoms with Crippen LogP contribution in [0.3, 0.4) is 0 Å². The average molecular weight is 281 g/mol. The number of hydrogen-bond acceptors (Lipinski definition) is 7. The summed E-state index contributed by atoms with van der Waals surface area (Å²) in [5.41, 5.74) is -0.0810. The molecule has 110 valence electrons. The van der Waals surface area contributed by atoms with Crippen molar-refractivity contribution in [3.05, 3.63) is 16.4 Å². The zero-order valence-corrected chi connectivity index (χ0v) is 11.9. The molecule has 1 aliphatic heterocycles. The van der Waals surface area contributed by atoms with Crippen molar-refractivity contribution in [2.45, 2.75) is 32.4 Å². The maximum atomic E-state index is 11.3. The normalized spacial score (nSPS) is 22.6. The van der Waals surface area contributed by atoms with Crippen LogP contribution < -0.4 is 10.2 Å². The molecule has 0 amide bonds. The molecule has 2 unspecified atom stereocenters. The Morgan fingerprint density at radius 1 is 1.60 bits per heavy atom. The third-order valence-electron chi connectivity index (χ3n) is 3.43. The average Bonchev–Trinajstić information content (AvgIpc) is 2.46. The predicted molar refractivity (Wildman–Crippen MR) is 75.1 cm³/mol. The second kappa shape index (κ2) is 6.00. The van der Waals surface area contributed by atoms with Crippen molar-refractivity contribution in [2.24, 2.45) is 0 Å². The highest BCUT2D eigenvalue weighted by atomic mass is 16.6. The van der Waals surface area contributed by atoms with Crippen LogP contribution in [0, 0.1) is 10.1 Å². The van der Waals surface area contributed by atoms with Crippen molar-refractivity contribution in [3.8, 4) is 0 Å². The molecule has 1 aromatic heterocycles. The molecule has 2 atom stereocenters. The maximum absolute atomic E-state index is 11.3. The minimum Gasteiger partial charge on any atom is -0.375 e. The fourth-order valence-corrected chi connectivity index (χ4v) is 2.37. The molecule has 0 saturated carbocycles. The van der Waals surface area contributed by atoms with E-state index in [1.54, 1.807) is 7.05 Å². The van der Waals surface area contributed by atoms with Crippen LogP contribution in [-0.2, 0) is 4.74 Å². The fourth-order valence-electron chi connectivity index (χ4n) is 2.37. The Hall–Kier alpha value is -1.96. The third-order valence-corrected chi connectivity index (χ3v) is 3.43. The van der Waals surface area contributed by atoms with Crippen LogP contribution in [0.5, 0.6) is 0 Å². The molecule has 2 rings (SSSR count). The smallest absolute Gasteiger partial charge is 0.353 e. The Labute approximate surface area is 117 Å². The van der Waals surface area contributed by atoms with E-state index in [9.17, 15) is 10.1 Å². The Bertz CT molecular complexity index is 496. The summed E-state index contributed by atoms with van der Waals surface area (Å²) in [5, 5.41) is 14.1. The molecular weight excluding hydrogens is 262 g/mol. The van der Waals surface area contributed by atoms with E-state index in [-0.39, 0.29) is 23.7 Å². The van der Waals surface area contributed by atoms with Gasteiger partial charge in [-0.05, 0) is 13.3 Å². The summed E-state index contributed by atoms with van der Waals surface area (Å²) in [5.74, 6) is 0.588. The first-order valence-electron chi connectivity index (χ1n) is 6.63. The summed E-state index contributed by atoms with van der Waals surface area (Å²) in [6.45, 7) is 5.11. The summed E-state index contributed by atoms with van der Waals surface area (Å²) < 4.78 is 5.62. The highest BCUT2D eigenvalue weighted by Gasteiger charge is 2.33. The van der Waals surface area contributed by atoms with Gasteiger partial charge < -0.3 is 15.0 Å². The molecule has 1 aromatic rings. The molecule has 20 heavy (non-hydrogen) atoms. The lowest BCUT2D eigenvalue weighted by Gasteiger charge is -2.38. The van der Waals surface area contributed by atoms with Gasteiger partial charge >= 0.3 is 5.69 Å². The van der Waals surface area contributed by atoms with Gasteiger partial charge in [0.2, 0.25) is 11.6 Å². The lowest BCUT2D eigenvalue weighted by molar-refractivity contribution is -0.383. The fraction of sp³-hybridized carbons (Fsp3) is 0.667. The molecule has 8 nitrogen and oxygen atoms in total. The molecule has 0 aliphatic carbocycles. The van der Waals surface area contributed by atoms with Gasteiger partial charge in [0.15, 0.2) is 0 Å². The molecule has 1 N–H and O–H groups in total. The molecule has 1 saturated heterocycles. The molecule has 8 heteroatoms. The molecule has 1 aliphatic rings. The summed E-state index contributed by atoms with van der Waals surface area (Å²) in [6, 6.07) is 0.0875. The van der Waals surface area contributed by atoms with Gasteiger partial charge in [-0.3, -0.25) is 10.1 Å². The predicted octanol–water partition coefficient (Wildman–Crippen LogP) is 1.43. The molecule has 0 radical (unpaired) electrons. The zero-order valence-electron chi connectivity index (χ0n) is 11.9. The van der Waals surface area contributed by atoms with Crippen molar-refractivity contribution in [1.82, 2.24) is 9.97 Å². The van der Waals surface area contributed by atoms with E-state index in [1.807, 2.05) is 18.7 Å². The van der Waals surface area contributed by atoms with Gasteiger partial charge in [-0.15, -0.1) is 0 Å².